The van der Waals surface area contributed by atoms with Gasteiger partial charge in [-0.3, -0.25) is 4.79 Å². The zero-order valence-electron chi connectivity index (χ0n) is 18.4. The number of sulfonamides is 1. The number of benzene rings is 2. The van der Waals surface area contributed by atoms with Gasteiger partial charge in [0.25, 0.3) is 0 Å². The first-order chi connectivity index (χ1) is 15.8. The molecule has 2 aromatic carbocycles. The number of nitrogens with zero attached hydrogens (tertiary/aromatic N) is 3. The molecule has 11 heteroatoms. The molecule has 176 valence electrons. The minimum atomic E-state index is -3.63. The molecular formula is C22H25FN4O4S2. The molecule has 0 unspecified atom stereocenters. The normalized spacial score (nSPS) is 15.1. The highest BCUT2D eigenvalue weighted by Crippen LogP contribution is 2.28. The molecule has 0 atom stereocenters. The summed E-state index contributed by atoms with van der Waals surface area (Å²) in [5, 5.41) is 3.34. The smallest absolute Gasteiger partial charge is 0.243 e. The van der Waals surface area contributed by atoms with Gasteiger partial charge in [-0.25, -0.2) is 17.8 Å². The lowest BCUT2D eigenvalue weighted by molar-refractivity contribution is -0.113. The van der Waals surface area contributed by atoms with Crippen LogP contribution in [0.15, 0.2) is 46.5 Å². The Morgan fingerprint density at radius 3 is 2.70 bits per heavy atom. The second-order valence-corrected chi connectivity index (χ2v) is 10.5. The monoisotopic (exact) mass is 492 g/mol. The predicted molar refractivity (Wildman–Crippen MR) is 125 cm³/mol. The number of rotatable bonds is 7. The van der Waals surface area contributed by atoms with Crippen LogP contribution in [-0.4, -0.2) is 60.2 Å². The van der Waals surface area contributed by atoms with Gasteiger partial charge >= 0.3 is 0 Å². The van der Waals surface area contributed by atoms with Crippen molar-refractivity contribution >= 4 is 44.4 Å². The van der Waals surface area contributed by atoms with E-state index in [0.29, 0.717) is 49.2 Å². The summed E-state index contributed by atoms with van der Waals surface area (Å²) in [6.07, 6.45) is 0. The maximum absolute atomic E-state index is 13.5. The summed E-state index contributed by atoms with van der Waals surface area (Å²) in [6, 6.07) is 9.16. The highest BCUT2D eigenvalue weighted by Gasteiger charge is 2.27. The van der Waals surface area contributed by atoms with Crippen LogP contribution >= 0.6 is 11.8 Å². The average molecular weight is 493 g/mol. The van der Waals surface area contributed by atoms with Crippen molar-refractivity contribution in [1.29, 1.82) is 0 Å². The van der Waals surface area contributed by atoms with Crippen molar-refractivity contribution in [2.45, 2.75) is 30.4 Å². The number of morpholine rings is 1. The number of halogens is 1. The first-order valence-corrected chi connectivity index (χ1v) is 13.0. The molecule has 1 saturated heterocycles. The largest absolute Gasteiger partial charge is 0.379 e. The van der Waals surface area contributed by atoms with Crippen molar-refractivity contribution in [3.05, 3.63) is 47.8 Å². The van der Waals surface area contributed by atoms with Gasteiger partial charge in [0.05, 0.1) is 34.9 Å². The lowest BCUT2D eigenvalue weighted by Crippen LogP contribution is -2.40. The Kier molecular flexibility index (Phi) is 7.03. The lowest BCUT2D eigenvalue weighted by atomic mass is 10.2. The lowest BCUT2D eigenvalue weighted by Gasteiger charge is -2.26. The number of hydrogen-bond donors (Lipinski definition) is 1. The van der Waals surface area contributed by atoms with Crippen LogP contribution in [0, 0.1) is 12.7 Å². The van der Waals surface area contributed by atoms with Crippen molar-refractivity contribution in [2.75, 3.05) is 37.4 Å². The summed E-state index contributed by atoms with van der Waals surface area (Å²) in [5.41, 5.74) is 2.55. The third-order valence-corrected chi connectivity index (χ3v) is 8.29. The third-order valence-electron chi connectivity index (χ3n) is 5.41. The maximum Gasteiger partial charge on any atom is 0.243 e. The number of aryl methyl sites for hydroxylation is 2. The molecule has 0 saturated carbocycles. The number of carbonyl (C=O) groups excluding carboxylic acids is 1. The Bertz CT molecular complexity index is 1290. The van der Waals surface area contributed by atoms with Crippen LogP contribution in [-0.2, 0) is 26.1 Å². The molecule has 1 aliphatic heterocycles. The summed E-state index contributed by atoms with van der Waals surface area (Å²) in [5.74, 6) is -0.615. The van der Waals surface area contributed by atoms with Gasteiger partial charge in [-0.1, -0.05) is 17.8 Å². The van der Waals surface area contributed by atoms with Crippen molar-refractivity contribution in [3.63, 3.8) is 0 Å². The van der Waals surface area contributed by atoms with E-state index in [-0.39, 0.29) is 16.6 Å². The van der Waals surface area contributed by atoms with Gasteiger partial charge in [0.15, 0.2) is 5.16 Å². The molecule has 1 aliphatic rings. The Morgan fingerprint density at radius 2 is 1.97 bits per heavy atom. The number of ether oxygens (including phenoxy) is 1. The van der Waals surface area contributed by atoms with E-state index in [4.69, 9.17) is 4.74 Å². The van der Waals surface area contributed by atoms with Gasteiger partial charge in [-0.2, -0.15) is 4.31 Å². The molecule has 1 fully saturated rings. The zero-order valence-corrected chi connectivity index (χ0v) is 20.0. The topological polar surface area (TPSA) is 93.5 Å². The van der Waals surface area contributed by atoms with Crippen LogP contribution in [0.1, 0.15) is 12.5 Å². The fourth-order valence-electron chi connectivity index (χ4n) is 3.65. The standard InChI is InChI=1S/C22H25FN4O4S2/c1-3-27-20-7-6-17(33(29,30)26-8-10-31-11-9-26)13-19(20)25-22(27)32-14-21(28)24-18-12-16(23)5-4-15(18)2/h4-7,12-13H,3,8-11,14H2,1-2H3,(H,24,28). The highest BCUT2D eigenvalue weighted by molar-refractivity contribution is 7.99. The Morgan fingerprint density at radius 1 is 1.21 bits per heavy atom. The van der Waals surface area contributed by atoms with E-state index in [0.717, 1.165) is 11.1 Å². The molecule has 8 nitrogen and oxygen atoms in total. The van der Waals surface area contributed by atoms with Crippen LogP contribution in [0.2, 0.25) is 0 Å². The molecule has 0 bridgehead atoms. The molecule has 1 N–H and O–H groups in total. The van der Waals surface area contributed by atoms with Gasteiger partial charge in [0.1, 0.15) is 5.82 Å². The van der Waals surface area contributed by atoms with E-state index in [1.165, 1.54) is 28.2 Å². The number of nitrogens with one attached hydrogen (secondary N) is 1. The van der Waals surface area contributed by atoms with Crippen LogP contribution in [0.3, 0.4) is 0 Å². The molecule has 33 heavy (non-hydrogen) atoms. The highest BCUT2D eigenvalue weighted by atomic mass is 32.2. The van der Waals surface area contributed by atoms with Crippen molar-refractivity contribution in [3.8, 4) is 0 Å². The molecule has 0 radical (unpaired) electrons. The number of amides is 1. The van der Waals surface area contributed by atoms with Crippen molar-refractivity contribution < 1.29 is 22.3 Å². The zero-order chi connectivity index (χ0) is 23.6. The van der Waals surface area contributed by atoms with Gasteiger partial charge in [0, 0.05) is 25.3 Å². The first-order valence-electron chi connectivity index (χ1n) is 10.6. The van der Waals surface area contributed by atoms with E-state index >= 15 is 0 Å². The number of fused-ring (bicyclic) bond motifs is 1. The maximum atomic E-state index is 13.5. The minimum Gasteiger partial charge on any atom is -0.379 e. The summed E-state index contributed by atoms with van der Waals surface area (Å²) < 4.78 is 48.1. The number of carbonyl (C=O) groups is 1. The van der Waals surface area contributed by atoms with Crippen LogP contribution in [0.5, 0.6) is 0 Å². The number of thioether (sulfide) groups is 1. The second kappa shape index (κ2) is 9.80. The van der Waals surface area contributed by atoms with E-state index in [1.807, 2.05) is 11.5 Å². The third kappa shape index (κ3) is 5.06. The fraction of sp³-hybridized carbons (Fsp3) is 0.364. The predicted octanol–water partition coefficient (Wildman–Crippen LogP) is 3.26. The summed E-state index contributed by atoms with van der Waals surface area (Å²) >= 11 is 1.25. The Balaban J connectivity index is 1.53. The van der Waals surface area contributed by atoms with Crippen molar-refractivity contribution in [1.82, 2.24) is 13.9 Å². The number of anilines is 1. The molecular weight excluding hydrogens is 467 g/mol. The Labute approximate surface area is 196 Å². The van der Waals surface area contributed by atoms with E-state index in [1.54, 1.807) is 31.2 Å². The molecule has 0 aliphatic carbocycles. The minimum absolute atomic E-state index is 0.0816. The molecule has 0 spiro atoms. The van der Waals surface area contributed by atoms with Gasteiger partial charge in [-0.15, -0.1) is 0 Å². The number of aromatic nitrogens is 2. The van der Waals surface area contributed by atoms with E-state index in [9.17, 15) is 17.6 Å². The first kappa shape index (κ1) is 23.7. The van der Waals surface area contributed by atoms with Crippen LogP contribution < -0.4 is 5.32 Å². The van der Waals surface area contributed by atoms with Crippen LogP contribution in [0.4, 0.5) is 10.1 Å². The van der Waals surface area contributed by atoms with Crippen molar-refractivity contribution in [2.24, 2.45) is 0 Å². The van der Waals surface area contributed by atoms with Crippen LogP contribution in [0.25, 0.3) is 11.0 Å². The van der Waals surface area contributed by atoms with Gasteiger partial charge in [-0.05, 0) is 49.7 Å². The molecule has 3 aromatic rings. The quantitative estimate of drug-likeness (QED) is 0.509. The summed E-state index contributed by atoms with van der Waals surface area (Å²) in [6.45, 7) is 5.77. The molecule has 1 amide bonds. The summed E-state index contributed by atoms with van der Waals surface area (Å²) in [7, 11) is -3.63. The average Bonchev–Trinajstić information content (AvgIpc) is 3.17. The Hall–Kier alpha value is -2.47. The van der Waals surface area contributed by atoms with E-state index < -0.39 is 15.8 Å². The van der Waals surface area contributed by atoms with Gasteiger partial charge in [0.2, 0.25) is 15.9 Å². The molecule has 4 rings (SSSR count). The van der Waals surface area contributed by atoms with Gasteiger partial charge < -0.3 is 14.6 Å². The SMILES string of the molecule is CCn1c(SCC(=O)Nc2cc(F)ccc2C)nc2cc(S(=O)(=O)N3CCOCC3)ccc21. The second-order valence-electron chi connectivity index (χ2n) is 7.60. The molecule has 2 heterocycles. The number of imidazole rings is 1. The molecule has 1 aromatic heterocycles. The number of hydrogen-bond acceptors (Lipinski definition) is 6. The fourth-order valence-corrected chi connectivity index (χ4v) is 5.95. The van der Waals surface area contributed by atoms with E-state index in [2.05, 4.69) is 10.3 Å². The summed E-state index contributed by atoms with van der Waals surface area (Å²) in [4.78, 5) is 17.2.